The Kier molecular flexibility index (Phi) is 5.12. The van der Waals surface area contributed by atoms with Crippen LogP contribution >= 0.6 is 0 Å². The van der Waals surface area contributed by atoms with Crippen molar-refractivity contribution < 1.29 is 9.90 Å². The van der Waals surface area contributed by atoms with Crippen LogP contribution in [0.3, 0.4) is 0 Å². The van der Waals surface area contributed by atoms with Crippen molar-refractivity contribution in [2.24, 2.45) is 0 Å². The van der Waals surface area contributed by atoms with Crippen LogP contribution in [0.1, 0.15) is 21.6 Å². The molecule has 2 N–H and O–H groups in total. The summed E-state index contributed by atoms with van der Waals surface area (Å²) in [6.07, 6.45) is 0. The number of hydrogen-bond acceptors (Lipinski definition) is 3. The molecular weight excluding hydrogens is 362 g/mol. The van der Waals surface area contributed by atoms with E-state index < -0.39 is 0 Å². The first kappa shape index (κ1) is 18.5. The van der Waals surface area contributed by atoms with Gasteiger partial charge in [-0.15, -0.1) is 0 Å². The Bertz CT molecular complexity index is 1140. The second-order valence-electron chi connectivity index (χ2n) is 6.77. The Hall–Kier alpha value is -3.86. The number of aromatic nitrogens is 2. The molecule has 0 atom stereocenters. The smallest absolute Gasteiger partial charge is 0.255 e. The number of phenolic OH excluding ortho intramolecular Hbond substituents is 1. The maximum Gasteiger partial charge on any atom is 0.255 e. The maximum absolute atomic E-state index is 13.1. The molecule has 1 amide bonds. The van der Waals surface area contributed by atoms with Gasteiger partial charge in [0.05, 0.1) is 16.9 Å². The van der Waals surface area contributed by atoms with E-state index in [0.29, 0.717) is 17.8 Å². The average molecular weight is 383 g/mol. The molecule has 0 aliphatic heterocycles. The lowest BCUT2D eigenvalue weighted by molar-refractivity contribution is 0.0951. The zero-order chi connectivity index (χ0) is 20.2. The first-order chi connectivity index (χ1) is 14.1. The average Bonchev–Trinajstić information content (AvgIpc) is 3.10. The Morgan fingerprint density at radius 3 is 2.34 bits per heavy atom. The van der Waals surface area contributed by atoms with Gasteiger partial charge in [-0.25, -0.2) is 4.68 Å². The van der Waals surface area contributed by atoms with Gasteiger partial charge in [0.1, 0.15) is 11.4 Å². The van der Waals surface area contributed by atoms with Crippen molar-refractivity contribution in [3.8, 4) is 22.7 Å². The largest absolute Gasteiger partial charge is 0.508 e. The number of aromatic hydroxyl groups is 1. The van der Waals surface area contributed by atoms with Crippen LogP contribution in [-0.4, -0.2) is 20.8 Å². The van der Waals surface area contributed by atoms with Gasteiger partial charge in [0, 0.05) is 12.1 Å². The number of nitrogens with one attached hydrogen (secondary N) is 1. The van der Waals surface area contributed by atoms with Crippen molar-refractivity contribution in [2.75, 3.05) is 0 Å². The lowest BCUT2D eigenvalue weighted by Crippen LogP contribution is -2.24. The summed E-state index contributed by atoms with van der Waals surface area (Å²) in [7, 11) is 0. The summed E-state index contributed by atoms with van der Waals surface area (Å²) >= 11 is 0. The molecule has 0 saturated heterocycles. The third-order valence-electron chi connectivity index (χ3n) is 4.75. The van der Waals surface area contributed by atoms with Crippen molar-refractivity contribution in [2.45, 2.75) is 13.5 Å². The predicted octanol–water partition coefficient (Wildman–Crippen LogP) is 4.48. The highest BCUT2D eigenvalue weighted by Gasteiger charge is 2.22. The highest BCUT2D eigenvalue weighted by molar-refractivity contribution is 6.01. The van der Waals surface area contributed by atoms with Crippen LogP contribution < -0.4 is 5.32 Å². The maximum atomic E-state index is 13.1. The Balaban J connectivity index is 1.72. The van der Waals surface area contributed by atoms with Crippen molar-refractivity contribution >= 4 is 5.91 Å². The van der Waals surface area contributed by atoms with Crippen LogP contribution in [0.25, 0.3) is 16.9 Å². The molecule has 4 aromatic rings. The molecular formula is C24H21N3O2. The first-order valence-electron chi connectivity index (χ1n) is 9.40. The molecule has 4 rings (SSSR count). The van der Waals surface area contributed by atoms with E-state index in [4.69, 9.17) is 5.10 Å². The zero-order valence-electron chi connectivity index (χ0n) is 16.0. The van der Waals surface area contributed by atoms with Crippen molar-refractivity contribution in [3.63, 3.8) is 0 Å². The molecule has 1 aromatic heterocycles. The Morgan fingerprint density at radius 1 is 0.966 bits per heavy atom. The SMILES string of the molecule is Cc1c(C(=O)NCc2cccc(O)c2)c(-c2ccccc2)nn1-c1ccccc1. The topological polar surface area (TPSA) is 67.2 Å². The summed E-state index contributed by atoms with van der Waals surface area (Å²) in [4.78, 5) is 13.1. The summed E-state index contributed by atoms with van der Waals surface area (Å²) < 4.78 is 1.80. The van der Waals surface area contributed by atoms with Gasteiger partial charge in [-0.3, -0.25) is 4.79 Å². The van der Waals surface area contributed by atoms with Gasteiger partial charge >= 0.3 is 0 Å². The van der Waals surface area contributed by atoms with Crippen molar-refractivity contribution in [1.29, 1.82) is 0 Å². The molecule has 0 bridgehead atoms. The minimum absolute atomic E-state index is 0.176. The normalized spacial score (nSPS) is 10.7. The number of nitrogens with zero attached hydrogens (tertiary/aromatic N) is 2. The molecule has 0 aliphatic rings. The fourth-order valence-corrected chi connectivity index (χ4v) is 3.33. The predicted molar refractivity (Wildman–Crippen MR) is 113 cm³/mol. The Labute approximate surface area is 169 Å². The monoisotopic (exact) mass is 383 g/mol. The number of carbonyl (C=O) groups is 1. The number of carbonyl (C=O) groups excluding carboxylic acids is 1. The quantitative estimate of drug-likeness (QED) is 0.534. The molecule has 3 aromatic carbocycles. The van der Waals surface area contributed by atoms with Gasteiger partial charge in [0.2, 0.25) is 0 Å². The van der Waals surface area contributed by atoms with E-state index in [1.54, 1.807) is 22.9 Å². The lowest BCUT2D eigenvalue weighted by atomic mass is 10.1. The molecule has 0 saturated carbocycles. The van der Waals surface area contributed by atoms with E-state index in [0.717, 1.165) is 22.5 Å². The van der Waals surface area contributed by atoms with Crippen LogP contribution in [0.4, 0.5) is 0 Å². The van der Waals surface area contributed by atoms with E-state index in [1.807, 2.05) is 73.7 Å². The lowest BCUT2D eigenvalue weighted by Gasteiger charge is -2.08. The third-order valence-corrected chi connectivity index (χ3v) is 4.75. The van der Waals surface area contributed by atoms with E-state index in [9.17, 15) is 9.90 Å². The number of phenols is 1. The van der Waals surface area contributed by atoms with E-state index in [2.05, 4.69) is 5.32 Å². The minimum Gasteiger partial charge on any atom is -0.508 e. The molecule has 5 nitrogen and oxygen atoms in total. The van der Waals surface area contributed by atoms with Crippen molar-refractivity contribution in [1.82, 2.24) is 15.1 Å². The van der Waals surface area contributed by atoms with E-state index in [-0.39, 0.29) is 11.7 Å². The molecule has 144 valence electrons. The minimum atomic E-state index is -0.202. The third kappa shape index (κ3) is 3.89. The highest BCUT2D eigenvalue weighted by Crippen LogP contribution is 2.27. The van der Waals surface area contributed by atoms with Crippen LogP contribution in [0.2, 0.25) is 0 Å². The zero-order valence-corrected chi connectivity index (χ0v) is 16.0. The number of amides is 1. The molecule has 1 heterocycles. The van der Waals surface area contributed by atoms with Gasteiger partial charge in [-0.05, 0) is 36.8 Å². The van der Waals surface area contributed by atoms with Gasteiger partial charge < -0.3 is 10.4 Å². The highest BCUT2D eigenvalue weighted by atomic mass is 16.3. The van der Waals surface area contributed by atoms with Gasteiger partial charge in [0.15, 0.2) is 0 Å². The number of para-hydroxylation sites is 1. The van der Waals surface area contributed by atoms with Crippen LogP contribution in [0.15, 0.2) is 84.9 Å². The Morgan fingerprint density at radius 2 is 1.66 bits per heavy atom. The molecule has 0 fully saturated rings. The standard InChI is InChI=1S/C24H21N3O2/c1-17-22(24(29)25-16-18-9-8-14-21(28)15-18)23(19-10-4-2-5-11-19)26-27(17)20-12-6-3-7-13-20/h2-15,28H,16H2,1H3,(H,25,29). The van der Waals surface area contributed by atoms with Crippen LogP contribution in [-0.2, 0) is 6.54 Å². The molecule has 0 spiro atoms. The van der Waals surface area contributed by atoms with E-state index in [1.165, 1.54) is 0 Å². The fourth-order valence-electron chi connectivity index (χ4n) is 3.33. The molecule has 0 aliphatic carbocycles. The second-order valence-corrected chi connectivity index (χ2v) is 6.77. The molecule has 0 radical (unpaired) electrons. The molecule has 0 unspecified atom stereocenters. The summed E-state index contributed by atoms with van der Waals surface area (Å²) in [6.45, 7) is 2.22. The van der Waals surface area contributed by atoms with Crippen LogP contribution in [0, 0.1) is 6.92 Å². The van der Waals surface area contributed by atoms with Crippen molar-refractivity contribution in [3.05, 3.63) is 102 Å². The molecule has 5 heteroatoms. The number of benzene rings is 3. The summed E-state index contributed by atoms with van der Waals surface area (Å²) in [6, 6.07) is 26.3. The molecule has 29 heavy (non-hydrogen) atoms. The second kappa shape index (κ2) is 8.02. The number of rotatable bonds is 5. The van der Waals surface area contributed by atoms with Gasteiger partial charge in [-0.2, -0.15) is 5.10 Å². The first-order valence-corrected chi connectivity index (χ1v) is 9.40. The summed E-state index contributed by atoms with van der Waals surface area (Å²) in [5.41, 5.74) is 4.55. The van der Waals surface area contributed by atoms with Gasteiger partial charge in [0.25, 0.3) is 5.91 Å². The summed E-state index contributed by atoms with van der Waals surface area (Å²) in [5, 5.41) is 17.3. The van der Waals surface area contributed by atoms with E-state index >= 15 is 0 Å². The van der Waals surface area contributed by atoms with Gasteiger partial charge in [-0.1, -0.05) is 60.7 Å². The summed E-state index contributed by atoms with van der Waals surface area (Å²) in [5.74, 6) is -0.0262. The van der Waals surface area contributed by atoms with Crippen LogP contribution in [0.5, 0.6) is 5.75 Å². The number of hydrogen-bond donors (Lipinski definition) is 2. The fraction of sp³-hybridized carbons (Fsp3) is 0.0833.